The molecule has 0 bridgehead atoms. The van der Waals surface area contributed by atoms with Gasteiger partial charge in [-0.25, -0.2) is 0 Å². The first kappa shape index (κ1) is 18.3. The molecular formula is C19H25ClN4. The number of hydrogen-bond acceptors (Lipinski definition) is 2. The molecule has 1 aromatic carbocycles. The molecule has 2 rings (SSSR count). The Kier molecular flexibility index (Phi) is 7.07. The van der Waals surface area contributed by atoms with Crippen LogP contribution in [-0.2, 0) is 6.42 Å². The Morgan fingerprint density at radius 2 is 2.12 bits per heavy atom. The summed E-state index contributed by atoms with van der Waals surface area (Å²) in [5.74, 6) is 0.810. The van der Waals surface area contributed by atoms with E-state index in [1.54, 1.807) is 0 Å². The summed E-state index contributed by atoms with van der Waals surface area (Å²) in [6.45, 7) is 7.68. The van der Waals surface area contributed by atoms with Crippen LogP contribution in [0.2, 0.25) is 5.02 Å². The van der Waals surface area contributed by atoms with Crippen LogP contribution in [0.15, 0.2) is 47.6 Å². The highest BCUT2D eigenvalue weighted by molar-refractivity contribution is 6.30. The predicted octanol–water partition coefficient (Wildman–Crippen LogP) is 3.90. The summed E-state index contributed by atoms with van der Waals surface area (Å²) in [4.78, 5) is 8.97. The normalized spacial score (nSPS) is 12.8. The molecule has 1 heterocycles. The number of pyridine rings is 1. The van der Waals surface area contributed by atoms with Gasteiger partial charge in [0.15, 0.2) is 5.96 Å². The lowest BCUT2D eigenvalue weighted by Crippen LogP contribution is -2.38. The van der Waals surface area contributed by atoms with Gasteiger partial charge in [-0.2, -0.15) is 0 Å². The molecule has 0 aliphatic heterocycles. The molecule has 2 aromatic rings. The van der Waals surface area contributed by atoms with Crippen molar-refractivity contribution in [1.29, 1.82) is 0 Å². The fourth-order valence-corrected chi connectivity index (χ4v) is 2.53. The lowest BCUT2D eigenvalue weighted by atomic mass is 10.1. The van der Waals surface area contributed by atoms with E-state index in [-0.39, 0.29) is 6.04 Å². The molecule has 0 saturated carbocycles. The van der Waals surface area contributed by atoms with Crippen molar-refractivity contribution in [2.24, 2.45) is 4.99 Å². The number of halogens is 1. The molecule has 24 heavy (non-hydrogen) atoms. The fourth-order valence-electron chi connectivity index (χ4n) is 2.33. The lowest BCUT2D eigenvalue weighted by molar-refractivity contribution is 0.686. The zero-order valence-electron chi connectivity index (χ0n) is 14.5. The minimum Gasteiger partial charge on any atom is -0.357 e. The van der Waals surface area contributed by atoms with Crippen molar-refractivity contribution >= 4 is 17.6 Å². The van der Waals surface area contributed by atoms with Gasteiger partial charge in [0.25, 0.3) is 0 Å². The minimum atomic E-state index is 0.127. The molecule has 4 nitrogen and oxygen atoms in total. The van der Waals surface area contributed by atoms with Gasteiger partial charge in [-0.05, 0) is 56.5 Å². The molecular weight excluding hydrogens is 320 g/mol. The van der Waals surface area contributed by atoms with Crippen LogP contribution >= 0.6 is 11.6 Å². The van der Waals surface area contributed by atoms with E-state index >= 15 is 0 Å². The van der Waals surface area contributed by atoms with Crippen molar-refractivity contribution < 1.29 is 0 Å². The standard InChI is InChI=1S/C19H25ClN4/c1-4-21-19(22-11-10-16-9-8-14(2)23-13-16)24-15(3)17-6-5-7-18(20)12-17/h5-9,12-13,15H,4,10-11H2,1-3H3,(H2,21,22,24). The van der Waals surface area contributed by atoms with Gasteiger partial charge in [-0.3, -0.25) is 9.98 Å². The highest BCUT2D eigenvalue weighted by Crippen LogP contribution is 2.17. The molecule has 0 aliphatic carbocycles. The molecule has 1 aromatic heterocycles. The van der Waals surface area contributed by atoms with E-state index < -0.39 is 0 Å². The average Bonchev–Trinajstić information content (AvgIpc) is 2.57. The van der Waals surface area contributed by atoms with E-state index in [2.05, 4.69) is 46.6 Å². The highest BCUT2D eigenvalue weighted by atomic mass is 35.5. The van der Waals surface area contributed by atoms with Gasteiger partial charge in [0.05, 0.1) is 6.04 Å². The summed E-state index contributed by atoms with van der Waals surface area (Å²) >= 11 is 6.07. The van der Waals surface area contributed by atoms with E-state index in [0.717, 1.165) is 35.2 Å². The van der Waals surface area contributed by atoms with Gasteiger partial charge in [0, 0.05) is 30.0 Å². The Balaban J connectivity index is 1.95. The summed E-state index contributed by atoms with van der Waals surface area (Å²) in [6.07, 6.45) is 2.79. The monoisotopic (exact) mass is 344 g/mol. The van der Waals surface area contributed by atoms with Crippen molar-refractivity contribution in [2.75, 3.05) is 13.1 Å². The van der Waals surface area contributed by atoms with Gasteiger partial charge in [0.1, 0.15) is 0 Å². The summed E-state index contributed by atoms with van der Waals surface area (Å²) < 4.78 is 0. The number of nitrogens with zero attached hydrogens (tertiary/aromatic N) is 2. The van der Waals surface area contributed by atoms with E-state index in [4.69, 9.17) is 11.6 Å². The second-order valence-electron chi connectivity index (χ2n) is 5.74. The molecule has 0 fully saturated rings. The molecule has 0 spiro atoms. The zero-order chi connectivity index (χ0) is 17.4. The van der Waals surface area contributed by atoms with Crippen LogP contribution in [0.5, 0.6) is 0 Å². The molecule has 1 unspecified atom stereocenters. The van der Waals surface area contributed by atoms with Crippen LogP contribution in [0.25, 0.3) is 0 Å². The number of guanidine groups is 1. The summed E-state index contributed by atoms with van der Waals surface area (Å²) in [5.41, 5.74) is 3.37. The Morgan fingerprint density at radius 1 is 1.29 bits per heavy atom. The maximum Gasteiger partial charge on any atom is 0.191 e. The molecule has 2 N–H and O–H groups in total. The Labute approximate surface area is 149 Å². The number of aromatic nitrogens is 1. The SMILES string of the molecule is CCNC(=NCCc1ccc(C)nc1)NC(C)c1cccc(Cl)c1. The van der Waals surface area contributed by atoms with Gasteiger partial charge in [0.2, 0.25) is 0 Å². The maximum absolute atomic E-state index is 6.07. The third kappa shape index (κ3) is 5.85. The number of benzene rings is 1. The topological polar surface area (TPSA) is 49.3 Å². The number of aliphatic imine (C=N–C) groups is 1. The summed E-state index contributed by atoms with van der Waals surface area (Å²) in [7, 11) is 0. The van der Waals surface area contributed by atoms with E-state index in [1.165, 1.54) is 5.56 Å². The average molecular weight is 345 g/mol. The van der Waals surface area contributed by atoms with E-state index in [9.17, 15) is 0 Å². The maximum atomic E-state index is 6.07. The number of hydrogen-bond donors (Lipinski definition) is 2. The van der Waals surface area contributed by atoms with Crippen molar-refractivity contribution in [2.45, 2.75) is 33.2 Å². The van der Waals surface area contributed by atoms with Gasteiger partial charge in [-0.1, -0.05) is 29.8 Å². The van der Waals surface area contributed by atoms with Crippen molar-refractivity contribution in [3.8, 4) is 0 Å². The van der Waals surface area contributed by atoms with Crippen LogP contribution in [0.4, 0.5) is 0 Å². The predicted molar refractivity (Wildman–Crippen MR) is 102 cm³/mol. The molecule has 0 amide bonds. The zero-order valence-corrected chi connectivity index (χ0v) is 15.3. The number of nitrogens with one attached hydrogen (secondary N) is 2. The van der Waals surface area contributed by atoms with Crippen LogP contribution in [0, 0.1) is 6.92 Å². The van der Waals surface area contributed by atoms with Gasteiger partial charge in [-0.15, -0.1) is 0 Å². The first-order valence-electron chi connectivity index (χ1n) is 8.30. The third-order valence-corrected chi connectivity index (χ3v) is 3.92. The molecule has 128 valence electrons. The third-order valence-electron chi connectivity index (χ3n) is 3.69. The first-order chi connectivity index (χ1) is 11.6. The van der Waals surface area contributed by atoms with Crippen molar-refractivity contribution in [3.05, 3.63) is 64.4 Å². The van der Waals surface area contributed by atoms with Crippen LogP contribution in [-0.4, -0.2) is 24.0 Å². The van der Waals surface area contributed by atoms with Gasteiger partial charge >= 0.3 is 0 Å². The Morgan fingerprint density at radius 3 is 2.79 bits per heavy atom. The minimum absolute atomic E-state index is 0.127. The quantitative estimate of drug-likeness (QED) is 0.617. The Hall–Kier alpha value is -2.07. The van der Waals surface area contributed by atoms with Crippen molar-refractivity contribution in [1.82, 2.24) is 15.6 Å². The van der Waals surface area contributed by atoms with E-state index in [1.807, 2.05) is 37.4 Å². The fraction of sp³-hybridized carbons (Fsp3) is 0.368. The molecule has 0 saturated heterocycles. The first-order valence-corrected chi connectivity index (χ1v) is 8.68. The Bertz CT molecular complexity index is 667. The molecule has 0 radical (unpaired) electrons. The highest BCUT2D eigenvalue weighted by Gasteiger charge is 2.08. The number of aryl methyl sites for hydroxylation is 1. The van der Waals surface area contributed by atoms with Crippen molar-refractivity contribution in [3.63, 3.8) is 0 Å². The molecule has 5 heteroatoms. The molecule has 1 atom stereocenters. The largest absolute Gasteiger partial charge is 0.357 e. The smallest absolute Gasteiger partial charge is 0.191 e. The molecule has 0 aliphatic rings. The van der Waals surface area contributed by atoms with E-state index in [0.29, 0.717) is 6.54 Å². The summed E-state index contributed by atoms with van der Waals surface area (Å²) in [6, 6.07) is 12.1. The van der Waals surface area contributed by atoms with Crippen LogP contribution < -0.4 is 10.6 Å². The van der Waals surface area contributed by atoms with Crippen LogP contribution in [0.3, 0.4) is 0 Å². The lowest BCUT2D eigenvalue weighted by Gasteiger charge is -2.18. The van der Waals surface area contributed by atoms with Crippen LogP contribution in [0.1, 0.15) is 36.7 Å². The second kappa shape index (κ2) is 9.28. The van der Waals surface area contributed by atoms with Gasteiger partial charge < -0.3 is 10.6 Å². The number of rotatable bonds is 6. The second-order valence-corrected chi connectivity index (χ2v) is 6.18. The summed E-state index contributed by atoms with van der Waals surface area (Å²) in [5, 5.41) is 7.45.